The topological polar surface area (TPSA) is 84.3 Å². The van der Waals surface area contributed by atoms with Gasteiger partial charge < -0.3 is 5.32 Å². The number of alkyl halides is 3. The lowest BCUT2D eigenvalue weighted by molar-refractivity contribution is -0.143. The van der Waals surface area contributed by atoms with E-state index in [2.05, 4.69) is 10.4 Å². The molecule has 0 saturated carbocycles. The number of carbonyl (C=O) groups is 1. The zero-order valence-electron chi connectivity index (χ0n) is 13.1. The van der Waals surface area contributed by atoms with Crippen LogP contribution in [0.2, 0.25) is 0 Å². The van der Waals surface area contributed by atoms with Gasteiger partial charge in [-0.05, 0) is 19.1 Å². The Morgan fingerprint density at radius 3 is 2.52 bits per heavy atom. The Balaban J connectivity index is 2.24. The van der Waals surface area contributed by atoms with E-state index in [9.17, 15) is 26.4 Å². The largest absolute Gasteiger partial charge is 0.436 e. The van der Waals surface area contributed by atoms with Gasteiger partial charge >= 0.3 is 6.18 Å². The highest BCUT2D eigenvalue weighted by Crippen LogP contribution is 2.39. The molecule has 0 fully saturated rings. The summed E-state index contributed by atoms with van der Waals surface area (Å²) in [6, 6.07) is 4.76. The Labute approximate surface area is 141 Å². The maximum atomic E-state index is 13.2. The number of rotatable bonds is 2. The molecule has 1 aliphatic rings. The van der Waals surface area contributed by atoms with E-state index < -0.39 is 38.7 Å². The van der Waals surface area contributed by atoms with Crippen LogP contribution in [0.4, 0.5) is 24.5 Å². The molecule has 0 bridgehead atoms. The number of carbonyl (C=O) groups excluding carboxylic acids is 1. The molecule has 0 radical (unpaired) electrons. The monoisotopic (exact) mass is 374 g/mol. The van der Waals surface area contributed by atoms with Gasteiger partial charge in [0.1, 0.15) is 10.9 Å². The number of nitrogens with zero attached hydrogens (tertiary/aromatic N) is 3. The van der Waals surface area contributed by atoms with Gasteiger partial charge in [0.15, 0.2) is 5.69 Å². The van der Waals surface area contributed by atoms with Crippen LogP contribution in [-0.2, 0) is 28.0 Å². The first-order chi connectivity index (χ1) is 11.5. The molecule has 25 heavy (non-hydrogen) atoms. The minimum atomic E-state index is -4.95. The van der Waals surface area contributed by atoms with E-state index in [1.165, 1.54) is 32.2 Å². The van der Waals surface area contributed by atoms with E-state index in [-0.39, 0.29) is 11.4 Å². The zero-order valence-corrected chi connectivity index (χ0v) is 13.9. The molecule has 7 nitrogen and oxygen atoms in total. The highest BCUT2D eigenvalue weighted by atomic mass is 32.2. The fraction of sp³-hybridized carbons (Fsp3) is 0.286. The Morgan fingerprint density at radius 1 is 1.24 bits per heavy atom. The first kappa shape index (κ1) is 17.3. The van der Waals surface area contributed by atoms with E-state index in [0.717, 1.165) is 10.9 Å². The summed E-state index contributed by atoms with van der Waals surface area (Å²) in [7, 11) is -3.49. The smallest absolute Gasteiger partial charge is 0.322 e. The van der Waals surface area contributed by atoms with Crippen LogP contribution in [0, 0.1) is 0 Å². The second-order valence-electron chi connectivity index (χ2n) is 5.50. The van der Waals surface area contributed by atoms with Gasteiger partial charge in [-0.2, -0.15) is 18.3 Å². The molecule has 1 aliphatic heterocycles. The number of para-hydroxylation sites is 2. The minimum absolute atomic E-state index is 0.0894. The van der Waals surface area contributed by atoms with Gasteiger partial charge in [0, 0.05) is 13.2 Å². The summed E-state index contributed by atoms with van der Waals surface area (Å²) in [5, 5.41) is 5.75. The minimum Gasteiger partial charge on any atom is -0.322 e. The highest BCUT2D eigenvalue weighted by Gasteiger charge is 2.46. The van der Waals surface area contributed by atoms with Crippen molar-refractivity contribution in [1.29, 1.82) is 0 Å². The van der Waals surface area contributed by atoms with Crippen molar-refractivity contribution in [3.05, 3.63) is 36.2 Å². The molecule has 0 aliphatic carbocycles. The van der Waals surface area contributed by atoms with Crippen molar-refractivity contribution < 1.29 is 26.4 Å². The van der Waals surface area contributed by atoms with Crippen molar-refractivity contribution in [2.45, 2.75) is 24.0 Å². The lowest BCUT2D eigenvalue weighted by Crippen LogP contribution is -2.49. The molecule has 11 heteroatoms. The lowest BCUT2D eigenvalue weighted by Gasteiger charge is -2.35. The van der Waals surface area contributed by atoms with Crippen LogP contribution in [-0.4, -0.2) is 30.1 Å². The SMILES string of the molecule is CC1C(=O)Nc2ccccc2N1S(=O)(=O)c1cn(C)nc1C(F)(F)F. The molecule has 1 unspecified atom stereocenters. The first-order valence-corrected chi connectivity index (χ1v) is 8.52. The van der Waals surface area contributed by atoms with E-state index in [4.69, 9.17) is 0 Å². The molecule has 2 aromatic rings. The number of nitrogens with one attached hydrogen (secondary N) is 1. The van der Waals surface area contributed by atoms with Gasteiger partial charge in [0.25, 0.3) is 10.0 Å². The van der Waals surface area contributed by atoms with Gasteiger partial charge in [0.05, 0.1) is 11.4 Å². The number of hydrogen-bond donors (Lipinski definition) is 1. The summed E-state index contributed by atoms with van der Waals surface area (Å²) in [4.78, 5) is 11.1. The number of fused-ring (bicyclic) bond motifs is 1. The van der Waals surface area contributed by atoms with Crippen LogP contribution in [0.15, 0.2) is 35.4 Å². The molecule has 1 aromatic heterocycles. The average Bonchev–Trinajstić information content (AvgIpc) is 2.91. The van der Waals surface area contributed by atoms with Crippen LogP contribution in [0.25, 0.3) is 0 Å². The first-order valence-electron chi connectivity index (χ1n) is 7.08. The van der Waals surface area contributed by atoms with Crippen LogP contribution >= 0.6 is 0 Å². The Bertz CT molecular complexity index is 952. The van der Waals surface area contributed by atoms with Gasteiger partial charge in [-0.1, -0.05) is 12.1 Å². The molecule has 1 aromatic carbocycles. The van der Waals surface area contributed by atoms with Crippen molar-refractivity contribution in [3.8, 4) is 0 Å². The van der Waals surface area contributed by atoms with E-state index in [1.54, 1.807) is 6.07 Å². The molecule has 2 heterocycles. The molecule has 3 rings (SSSR count). The third-order valence-corrected chi connectivity index (χ3v) is 5.62. The van der Waals surface area contributed by atoms with Crippen LogP contribution < -0.4 is 9.62 Å². The Hall–Kier alpha value is -2.56. The van der Waals surface area contributed by atoms with Crippen molar-refractivity contribution in [2.24, 2.45) is 7.05 Å². The summed E-state index contributed by atoms with van der Waals surface area (Å²) in [6.45, 7) is 1.30. The lowest BCUT2D eigenvalue weighted by atomic mass is 10.1. The second kappa shape index (κ2) is 5.48. The molecular formula is C14H13F3N4O3S. The van der Waals surface area contributed by atoms with Crippen molar-refractivity contribution in [2.75, 3.05) is 9.62 Å². The van der Waals surface area contributed by atoms with E-state index in [1.807, 2.05) is 0 Å². The molecule has 134 valence electrons. The predicted octanol–water partition coefficient (Wildman–Crippen LogP) is 1.97. The van der Waals surface area contributed by atoms with Crippen LogP contribution in [0.1, 0.15) is 12.6 Å². The summed E-state index contributed by atoms with van der Waals surface area (Å²) < 4.78 is 67.0. The zero-order chi connectivity index (χ0) is 18.6. The van der Waals surface area contributed by atoms with E-state index >= 15 is 0 Å². The van der Waals surface area contributed by atoms with Gasteiger partial charge in [-0.15, -0.1) is 0 Å². The summed E-state index contributed by atoms with van der Waals surface area (Å²) in [5.41, 5.74) is -1.23. The Morgan fingerprint density at radius 2 is 1.88 bits per heavy atom. The number of aryl methyl sites for hydroxylation is 1. The summed E-state index contributed by atoms with van der Waals surface area (Å²) in [6.07, 6.45) is -4.18. The van der Waals surface area contributed by atoms with Crippen molar-refractivity contribution >= 4 is 27.3 Å². The quantitative estimate of drug-likeness (QED) is 0.871. The standard InChI is InChI=1S/C14H13F3N4O3S/c1-8-13(22)18-9-5-3-4-6-10(9)21(8)25(23,24)11-7-20(2)19-12(11)14(15,16)17/h3-8H,1-2H3,(H,18,22). The maximum Gasteiger partial charge on any atom is 0.436 e. The number of hydrogen-bond acceptors (Lipinski definition) is 4. The normalized spacial score (nSPS) is 18.0. The molecule has 1 N–H and O–H groups in total. The predicted molar refractivity (Wildman–Crippen MR) is 82.4 cm³/mol. The fourth-order valence-corrected chi connectivity index (χ4v) is 4.45. The van der Waals surface area contributed by atoms with Crippen molar-refractivity contribution in [1.82, 2.24) is 9.78 Å². The molecular weight excluding hydrogens is 361 g/mol. The Kier molecular flexibility index (Phi) is 3.78. The molecule has 0 spiro atoms. The molecule has 0 saturated heterocycles. The number of aromatic nitrogens is 2. The molecule has 1 amide bonds. The number of anilines is 2. The third-order valence-electron chi connectivity index (χ3n) is 3.73. The number of amides is 1. The number of sulfonamides is 1. The second-order valence-corrected chi connectivity index (χ2v) is 7.28. The van der Waals surface area contributed by atoms with Crippen LogP contribution in [0.5, 0.6) is 0 Å². The van der Waals surface area contributed by atoms with Gasteiger partial charge in [-0.25, -0.2) is 8.42 Å². The molecule has 1 atom stereocenters. The highest BCUT2D eigenvalue weighted by molar-refractivity contribution is 7.93. The fourth-order valence-electron chi connectivity index (χ4n) is 2.62. The van der Waals surface area contributed by atoms with E-state index in [0.29, 0.717) is 4.31 Å². The summed E-state index contributed by atoms with van der Waals surface area (Å²) >= 11 is 0. The van der Waals surface area contributed by atoms with Crippen molar-refractivity contribution in [3.63, 3.8) is 0 Å². The van der Waals surface area contributed by atoms with Crippen LogP contribution in [0.3, 0.4) is 0 Å². The third kappa shape index (κ3) is 2.73. The number of halogens is 3. The maximum absolute atomic E-state index is 13.2. The average molecular weight is 374 g/mol. The summed E-state index contributed by atoms with van der Waals surface area (Å²) in [5.74, 6) is -0.639. The van der Waals surface area contributed by atoms with Gasteiger partial charge in [0.2, 0.25) is 5.91 Å². The van der Waals surface area contributed by atoms with Gasteiger partial charge in [-0.3, -0.25) is 13.8 Å². The number of benzene rings is 1.